The van der Waals surface area contributed by atoms with Crippen LogP contribution < -0.4 is 4.74 Å². The van der Waals surface area contributed by atoms with Crippen LogP contribution in [0.4, 0.5) is 0 Å². The van der Waals surface area contributed by atoms with Gasteiger partial charge in [-0.3, -0.25) is 0 Å². The third-order valence-electron chi connectivity index (χ3n) is 1.68. The van der Waals surface area contributed by atoms with E-state index in [1.54, 1.807) is 26.2 Å². The first kappa shape index (κ1) is 8.68. The van der Waals surface area contributed by atoms with Crippen molar-refractivity contribution >= 4 is 0 Å². The highest BCUT2D eigenvalue weighted by Gasteiger charge is 2.07. The van der Waals surface area contributed by atoms with E-state index in [-0.39, 0.29) is 0 Å². The van der Waals surface area contributed by atoms with Gasteiger partial charge >= 0.3 is 0 Å². The Bertz CT molecular complexity index is 439. The first-order valence-corrected chi connectivity index (χ1v) is 4.11. The highest BCUT2D eigenvalue weighted by atomic mass is 16.5. The predicted octanol–water partition coefficient (Wildman–Crippen LogP) is 1.45. The largest absolute Gasteiger partial charge is 0.481 e. The van der Waals surface area contributed by atoms with Crippen LogP contribution in [0.25, 0.3) is 11.6 Å². The van der Waals surface area contributed by atoms with E-state index in [0.717, 1.165) is 0 Å². The molecule has 2 aromatic rings. The molecule has 5 nitrogen and oxygen atoms in total. The standard InChI is InChI=1S/C9H9N3O2/c1-6-10-9(14-12-6)7-4-3-5-8(11-7)13-2/h3-5H,1-2H3. The quantitative estimate of drug-likeness (QED) is 0.718. The summed E-state index contributed by atoms with van der Waals surface area (Å²) in [5.41, 5.74) is 0.616. The molecule has 2 aromatic heterocycles. The van der Waals surface area contributed by atoms with Gasteiger partial charge in [0.2, 0.25) is 5.88 Å². The molecule has 0 aliphatic heterocycles. The number of ether oxygens (including phenoxy) is 1. The summed E-state index contributed by atoms with van der Waals surface area (Å²) in [7, 11) is 1.56. The highest BCUT2D eigenvalue weighted by molar-refractivity contribution is 5.47. The van der Waals surface area contributed by atoms with Gasteiger partial charge in [0.25, 0.3) is 5.89 Å². The Balaban J connectivity index is 2.41. The third kappa shape index (κ3) is 1.56. The van der Waals surface area contributed by atoms with Crippen LogP contribution in [0.3, 0.4) is 0 Å². The van der Waals surface area contributed by atoms with Gasteiger partial charge in [-0.1, -0.05) is 11.2 Å². The van der Waals surface area contributed by atoms with Gasteiger partial charge in [-0.15, -0.1) is 0 Å². The highest BCUT2D eigenvalue weighted by Crippen LogP contribution is 2.17. The van der Waals surface area contributed by atoms with Crippen molar-refractivity contribution in [2.75, 3.05) is 7.11 Å². The minimum absolute atomic E-state index is 0.404. The zero-order chi connectivity index (χ0) is 9.97. The number of pyridine rings is 1. The van der Waals surface area contributed by atoms with Crippen molar-refractivity contribution < 1.29 is 9.26 Å². The van der Waals surface area contributed by atoms with E-state index in [9.17, 15) is 0 Å². The number of nitrogens with zero attached hydrogens (tertiary/aromatic N) is 3. The molecule has 72 valence electrons. The van der Waals surface area contributed by atoms with Gasteiger partial charge in [0, 0.05) is 6.07 Å². The summed E-state index contributed by atoms with van der Waals surface area (Å²) in [5, 5.41) is 3.68. The summed E-state index contributed by atoms with van der Waals surface area (Å²) >= 11 is 0. The van der Waals surface area contributed by atoms with Gasteiger partial charge in [0.1, 0.15) is 5.69 Å². The first-order valence-electron chi connectivity index (χ1n) is 4.11. The van der Waals surface area contributed by atoms with E-state index >= 15 is 0 Å². The maximum absolute atomic E-state index is 4.98. The Hall–Kier alpha value is -1.91. The molecule has 0 atom stereocenters. The van der Waals surface area contributed by atoms with Crippen molar-refractivity contribution in [2.24, 2.45) is 0 Å². The van der Waals surface area contributed by atoms with Gasteiger partial charge in [0.15, 0.2) is 5.82 Å². The molecule has 0 unspecified atom stereocenters. The monoisotopic (exact) mass is 191 g/mol. The van der Waals surface area contributed by atoms with E-state index in [1.807, 2.05) is 6.07 Å². The fraction of sp³-hybridized carbons (Fsp3) is 0.222. The third-order valence-corrected chi connectivity index (χ3v) is 1.68. The Morgan fingerprint density at radius 1 is 1.29 bits per heavy atom. The van der Waals surface area contributed by atoms with E-state index in [0.29, 0.717) is 23.3 Å². The van der Waals surface area contributed by atoms with Crippen LogP contribution in [-0.2, 0) is 0 Å². The van der Waals surface area contributed by atoms with Crippen LogP contribution in [0.15, 0.2) is 22.7 Å². The van der Waals surface area contributed by atoms with Crippen molar-refractivity contribution in [3.63, 3.8) is 0 Å². The van der Waals surface area contributed by atoms with Gasteiger partial charge in [-0.05, 0) is 13.0 Å². The minimum Gasteiger partial charge on any atom is -0.481 e. The molecule has 0 aromatic carbocycles. The average molecular weight is 191 g/mol. The van der Waals surface area contributed by atoms with Crippen molar-refractivity contribution in [2.45, 2.75) is 6.92 Å². The maximum Gasteiger partial charge on any atom is 0.276 e. The smallest absolute Gasteiger partial charge is 0.276 e. The molecule has 0 N–H and O–H groups in total. The summed E-state index contributed by atoms with van der Waals surface area (Å²) in [4.78, 5) is 8.22. The average Bonchev–Trinajstić information content (AvgIpc) is 2.65. The molecule has 0 aliphatic carbocycles. The molecule has 0 radical (unpaired) electrons. The van der Waals surface area contributed by atoms with Crippen LogP contribution in [-0.4, -0.2) is 22.2 Å². The topological polar surface area (TPSA) is 61.0 Å². The maximum atomic E-state index is 4.98. The van der Waals surface area contributed by atoms with Gasteiger partial charge in [-0.2, -0.15) is 4.98 Å². The number of hydrogen-bond acceptors (Lipinski definition) is 5. The molecule has 2 rings (SSSR count). The van der Waals surface area contributed by atoms with Crippen molar-refractivity contribution in [3.05, 3.63) is 24.0 Å². The summed E-state index contributed by atoms with van der Waals surface area (Å²) in [5.74, 6) is 1.52. The van der Waals surface area contributed by atoms with Crippen molar-refractivity contribution in [1.82, 2.24) is 15.1 Å². The molecule has 5 heteroatoms. The van der Waals surface area contributed by atoms with Crippen LogP contribution in [0, 0.1) is 6.92 Å². The summed E-state index contributed by atoms with van der Waals surface area (Å²) in [6, 6.07) is 5.36. The molecule has 14 heavy (non-hydrogen) atoms. The Kier molecular flexibility index (Phi) is 2.14. The van der Waals surface area contributed by atoms with Crippen LogP contribution >= 0.6 is 0 Å². The van der Waals surface area contributed by atoms with E-state index in [2.05, 4.69) is 15.1 Å². The zero-order valence-corrected chi connectivity index (χ0v) is 7.89. The summed E-state index contributed by atoms with van der Waals surface area (Å²) < 4.78 is 9.95. The lowest BCUT2D eigenvalue weighted by atomic mass is 10.3. The Morgan fingerprint density at radius 3 is 2.79 bits per heavy atom. The Labute approximate surface area is 80.7 Å². The minimum atomic E-state index is 0.404. The lowest BCUT2D eigenvalue weighted by molar-refractivity contribution is 0.395. The molecular formula is C9H9N3O2. The second-order valence-electron chi connectivity index (χ2n) is 2.71. The van der Waals surface area contributed by atoms with Crippen molar-refractivity contribution in [1.29, 1.82) is 0 Å². The number of aromatic nitrogens is 3. The number of rotatable bonds is 2. The molecule has 2 heterocycles. The molecule has 0 spiro atoms. The molecule has 0 amide bonds. The Morgan fingerprint density at radius 2 is 2.14 bits per heavy atom. The molecule has 0 saturated carbocycles. The van der Waals surface area contributed by atoms with Crippen molar-refractivity contribution in [3.8, 4) is 17.5 Å². The van der Waals surface area contributed by atoms with Crippen LogP contribution in [0.5, 0.6) is 5.88 Å². The predicted molar refractivity (Wildman–Crippen MR) is 48.8 cm³/mol. The first-order chi connectivity index (χ1) is 6.79. The van der Waals surface area contributed by atoms with E-state index < -0.39 is 0 Å². The lowest BCUT2D eigenvalue weighted by Gasteiger charge is -1.98. The molecule has 0 aliphatic rings. The number of hydrogen-bond donors (Lipinski definition) is 0. The fourth-order valence-electron chi connectivity index (χ4n) is 1.05. The SMILES string of the molecule is COc1cccc(-c2nc(C)no2)n1. The molecule has 0 bridgehead atoms. The second kappa shape index (κ2) is 3.45. The molecule has 0 saturated heterocycles. The molecule has 0 fully saturated rings. The second-order valence-corrected chi connectivity index (χ2v) is 2.71. The zero-order valence-electron chi connectivity index (χ0n) is 7.89. The van der Waals surface area contributed by atoms with Gasteiger partial charge in [0.05, 0.1) is 7.11 Å². The van der Waals surface area contributed by atoms with Gasteiger partial charge in [-0.25, -0.2) is 4.98 Å². The van der Waals surface area contributed by atoms with Crippen LogP contribution in [0.2, 0.25) is 0 Å². The fourth-order valence-corrected chi connectivity index (χ4v) is 1.05. The van der Waals surface area contributed by atoms with E-state index in [1.165, 1.54) is 0 Å². The van der Waals surface area contributed by atoms with Crippen LogP contribution in [0.1, 0.15) is 5.82 Å². The molecular weight excluding hydrogens is 182 g/mol. The lowest BCUT2D eigenvalue weighted by Crippen LogP contribution is -1.89. The van der Waals surface area contributed by atoms with E-state index in [4.69, 9.17) is 9.26 Å². The number of methoxy groups -OCH3 is 1. The number of aryl methyl sites for hydroxylation is 1. The van der Waals surface area contributed by atoms with Gasteiger partial charge < -0.3 is 9.26 Å². The summed E-state index contributed by atoms with van der Waals surface area (Å²) in [6.45, 7) is 1.76. The summed E-state index contributed by atoms with van der Waals surface area (Å²) in [6.07, 6.45) is 0. The normalized spacial score (nSPS) is 10.1.